The normalized spacial score (nSPS) is 26.5. The third-order valence-electron chi connectivity index (χ3n) is 8.17. The number of carbonyl (C=O) groups excluding carboxylic acids is 1. The Morgan fingerprint density at radius 2 is 2.08 bits per heavy atom. The highest BCUT2D eigenvalue weighted by Crippen LogP contribution is 2.53. The first-order chi connectivity index (χ1) is 19.1. The summed E-state index contributed by atoms with van der Waals surface area (Å²) < 4.78 is 48.2. The zero-order valence-electron chi connectivity index (χ0n) is 21.2. The Hall–Kier alpha value is -4.50. The summed E-state index contributed by atoms with van der Waals surface area (Å²) >= 11 is 0. The van der Waals surface area contributed by atoms with Crippen molar-refractivity contribution in [1.82, 2.24) is 24.9 Å². The molecule has 1 aromatic carbocycles. The molecule has 4 aromatic rings. The van der Waals surface area contributed by atoms with Crippen LogP contribution in [-0.4, -0.2) is 32.1 Å². The number of amides is 1. The number of nitriles is 1. The zero-order chi connectivity index (χ0) is 28.0. The van der Waals surface area contributed by atoms with E-state index in [1.54, 1.807) is 29.8 Å². The van der Waals surface area contributed by atoms with Crippen LogP contribution in [0.5, 0.6) is 5.75 Å². The number of benzene rings is 1. The summed E-state index contributed by atoms with van der Waals surface area (Å²) in [5, 5.41) is 16.9. The molecule has 1 aliphatic heterocycles. The average molecular weight is 546 g/mol. The molecule has 0 saturated heterocycles. The first kappa shape index (κ1) is 24.5. The summed E-state index contributed by atoms with van der Waals surface area (Å²) in [6.45, 7) is -1.27. The Bertz CT molecular complexity index is 1770. The number of aromatic nitrogens is 4. The lowest BCUT2D eigenvalue weighted by Crippen LogP contribution is -2.54. The molecule has 4 heterocycles. The van der Waals surface area contributed by atoms with E-state index in [-0.39, 0.29) is 22.9 Å². The molecule has 2 atom stereocenters. The predicted molar refractivity (Wildman–Crippen MR) is 135 cm³/mol. The molecule has 9 nitrogen and oxygen atoms in total. The molecule has 40 heavy (non-hydrogen) atoms. The Morgan fingerprint density at radius 3 is 2.80 bits per heavy atom. The number of halogens is 3. The number of nitrogens with one attached hydrogen (secondary N) is 1. The van der Waals surface area contributed by atoms with Crippen LogP contribution in [0.15, 0.2) is 42.7 Å². The minimum Gasteiger partial charge on any atom is -0.434 e. The van der Waals surface area contributed by atoms with Crippen molar-refractivity contribution in [3.8, 4) is 23.1 Å². The molecule has 1 saturated carbocycles. The second-order valence-corrected chi connectivity index (χ2v) is 11.0. The van der Waals surface area contributed by atoms with E-state index in [2.05, 4.69) is 21.5 Å². The predicted octanol–water partition coefficient (Wildman–Crippen LogP) is 4.33. The van der Waals surface area contributed by atoms with E-state index in [9.17, 15) is 18.8 Å². The lowest BCUT2D eigenvalue weighted by Gasteiger charge is -2.48. The van der Waals surface area contributed by atoms with E-state index in [4.69, 9.17) is 15.5 Å². The van der Waals surface area contributed by atoms with E-state index in [0.717, 1.165) is 0 Å². The first-order valence-electron chi connectivity index (χ1n) is 12.7. The number of hydrogen-bond acceptors (Lipinski definition) is 7. The van der Waals surface area contributed by atoms with Crippen molar-refractivity contribution in [2.24, 2.45) is 11.1 Å². The maximum Gasteiger partial charge on any atom is 0.387 e. The Morgan fingerprint density at radius 1 is 1.27 bits per heavy atom. The van der Waals surface area contributed by atoms with Crippen molar-refractivity contribution in [2.75, 3.05) is 0 Å². The maximum atomic E-state index is 15.3. The molecule has 2 bridgehead atoms. The minimum absolute atomic E-state index is 0.0716. The highest BCUT2D eigenvalue weighted by molar-refractivity contribution is 5.98. The number of nitrogens with zero attached hydrogens (tertiary/aromatic N) is 5. The molecule has 3 aliphatic rings. The first-order valence-corrected chi connectivity index (χ1v) is 12.7. The second-order valence-electron chi connectivity index (χ2n) is 11.0. The van der Waals surface area contributed by atoms with Crippen LogP contribution in [0.3, 0.4) is 0 Å². The van der Waals surface area contributed by atoms with Gasteiger partial charge >= 0.3 is 6.61 Å². The van der Waals surface area contributed by atoms with Gasteiger partial charge in [0, 0.05) is 40.6 Å². The third-order valence-corrected chi connectivity index (χ3v) is 8.17. The molecule has 1 amide bonds. The molecule has 12 heteroatoms. The van der Waals surface area contributed by atoms with Crippen LogP contribution in [-0.2, 0) is 5.54 Å². The van der Waals surface area contributed by atoms with Crippen LogP contribution in [0.4, 0.5) is 13.2 Å². The number of hydrogen-bond donors (Lipinski definition) is 2. The van der Waals surface area contributed by atoms with E-state index in [1.165, 1.54) is 24.4 Å². The lowest BCUT2D eigenvalue weighted by molar-refractivity contribution is -0.0505. The zero-order valence-corrected chi connectivity index (χ0v) is 21.2. The van der Waals surface area contributed by atoms with Gasteiger partial charge in [0.15, 0.2) is 5.65 Å². The number of rotatable bonds is 4. The number of carbonyl (C=O) groups is 1. The van der Waals surface area contributed by atoms with Crippen LogP contribution in [0.25, 0.3) is 16.9 Å². The van der Waals surface area contributed by atoms with Crippen molar-refractivity contribution in [3.05, 3.63) is 76.6 Å². The summed E-state index contributed by atoms with van der Waals surface area (Å²) in [6.07, 6.45) is 4.20. The van der Waals surface area contributed by atoms with Crippen LogP contribution in [0, 0.1) is 22.6 Å². The highest BCUT2D eigenvalue weighted by atomic mass is 19.3. The van der Waals surface area contributed by atoms with Crippen molar-refractivity contribution in [2.45, 2.75) is 50.3 Å². The SMILES string of the molecule is CC1(C#N)CC(N)(c2ncc(-c3ccn4nc5c(c4n3)C3CC5NC(=O)c4cccc(OC(F)F)c43)cc2F)C1. The summed E-state index contributed by atoms with van der Waals surface area (Å²) in [4.78, 5) is 22.0. The quantitative estimate of drug-likeness (QED) is 0.390. The van der Waals surface area contributed by atoms with Gasteiger partial charge in [0.1, 0.15) is 11.6 Å². The Labute approximate surface area is 225 Å². The van der Waals surface area contributed by atoms with Gasteiger partial charge in [0.05, 0.1) is 40.1 Å². The molecule has 0 radical (unpaired) electrons. The van der Waals surface area contributed by atoms with Gasteiger partial charge in [-0.3, -0.25) is 9.78 Å². The number of alkyl halides is 2. The van der Waals surface area contributed by atoms with Gasteiger partial charge in [0.25, 0.3) is 5.91 Å². The van der Waals surface area contributed by atoms with E-state index in [0.29, 0.717) is 53.0 Å². The minimum atomic E-state index is -3.06. The number of fused-ring (bicyclic) bond motifs is 9. The monoisotopic (exact) mass is 545 g/mol. The molecule has 0 spiro atoms. The van der Waals surface area contributed by atoms with Crippen molar-refractivity contribution in [3.63, 3.8) is 0 Å². The molecule has 3 N–H and O–H groups in total. The number of ether oxygens (including phenoxy) is 1. The van der Waals surface area contributed by atoms with Gasteiger partial charge in [-0.1, -0.05) is 6.07 Å². The lowest BCUT2D eigenvalue weighted by atomic mass is 9.58. The summed E-state index contributed by atoms with van der Waals surface area (Å²) in [7, 11) is 0. The molecule has 2 aliphatic carbocycles. The molecule has 202 valence electrons. The topological polar surface area (TPSA) is 131 Å². The molecule has 2 unspecified atom stereocenters. The van der Waals surface area contributed by atoms with Crippen LogP contribution in [0.1, 0.15) is 71.0 Å². The molecular weight excluding hydrogens is 523 g/mol. The van der Waals surface area contributed by atoms with Crippen LogP contribution >= 0.6 is 0 Å². The fraction of sp³-hybridized carbons (Fsp3) is 0.321. The van der Waals surface area contributed by atoms with Crippen molar-refractivity contribution >= 4 is 11.6 Å². The molecule has 7 rings (SSSR count). The summed E-state index contributed by atoms with van der Waals surface area (Å²) in [5.41, 5.74) is 8.06. The standard InChI is InChI=1S/C28H22F3N7O2/c1-27(12-32)10-28(33,11-27)23-16(29)7-13(9-34-23)17-5-6-38-24(35-17)21-15-8-18(22(21)37-38)36-25(39)14-3-2-4-19(20(14)15)40-26(30)31/h2-7,9,15,18,26H,8,10-11,33H2,1H3,(H,36,39). The number of pyridine rings is 1. The van der Waals surface area contributed by atoms with Gasteiger partial charge in [-0.2, -0.15) is 19.1 Å². The Balaban J connectivity index is 1.31. The largest absolute Gasteiger partial charge is 0.434 e. The maximum absolute atomic E-state index is 15.3. The fourth-order valence-electron chi connectivity index (χ4n) is 6.64. The second kappa shape index (κ2) is 8.25. The van der Waals surface area contributed by atoms with Crippen molar-refractivity contribution < 1.29 is 22.7 Å². The van der Waals surface area contributed by atoms with Crippen molar-refractivity contribution in [1.29, 1.82) is 5.26 Å². The van der Waals surface area contributed by atoms with Crippen LogP contribution < -0.4 is 15.8 Å². The molecule has 1 fully saturated rings. The molecule has 3 aromatic heterocycles. The third kappa shape index (κ3) is 3.50. The van der Waals surface area contributed by atoms with Gasteiger partial charge < -0.3 is 15.8 Å². The smallest absolute Gasteiger partial charge is 0.387 e. The van der Waals surface area contributed by atoms with E-state index in [1.807, 2.05) is 0 Å². The molecular formula is C28H22F3N7O2. The fourth-order valence-corrected chi connectivity index (χ4v) is 6.64. The van der Waals surface area contributed by atoms with E-state index >= 15 is 4.39 Å². The van der Waals surface area contributed by atoms with Crippen LogP contribution in [0.2, 0.25) is 0 Å². The van der Waals surface area contributed by atoms with E-state index < -0.39 is 35.3 Å². The van der Waals surface area contributed by atoms with Gasteiger partial charge in [-0.05, 0) is 50.5 Å². The number of nitrogens with two attached hydrogens (primary N) is 1. The summed E-state index contributed by atoms with van der Waals surface area (Å²) in [5.74, 6) is -1.53. The Kier molecular flexibility index (Phi) is 5.06. The summed E-state index contributed by atoms with van der Waals surface area (Å²) in [6, 6.07) is 9.27. The van der Waals surface area contributed by atoms with Gasteiger partial charge in [0.2, 0.25) is 0 Å². The van der Waals surface area contributed by atoms with Gasteiger partial charge in [-0.25, -0.2) is 13.9 Å². The highest BCUT2D eigenvalue weighted by Gasteiger charge is 2.53. The average Bonchev–Trinajstić information content (AvgIpc) is 3.39. The van der Waals surface area contributed by atoms with Gasteiger partial charge in [-0.15, -0.1) is 0 Å².